The highest BCUT2D eigenvalue weighted by molar-refractivity contribution is 7.66. The Balaban J connectivity index is 2.25. The Morgan fingerprint density at radius 2 is 1.60 bits per heavy atom. The smallest absolute Gasteiger partial charge is 0.134 e. The first-order valence-corrected chi connectivity index (χ1v) is 15.8. The third-order valence-electron chi connectivity index (χ3n) is 3.71. The minimum atomic E-state index is -1.20. The van der Waals surface area contributed by atoms with Crippen molar-refractivity contribution in [2.75, 3.05) is 7.11 Å². The van der Waals surface area contributed by atoms with Crippen LogP contribution in [0.1, 0.15) is 11.4 Å². The molecule has 0 saturated carbocycles. The molecule has 2 atom stereocenters. The van der Waals surface area contributed by atoms with Crippen molar-refractivity contribution in [1.82, 2.24) is 0 Å². The standard InChI is InChI=1S/C15H27O2PSi2/c1-16-13-11-9-8-10-12(13)14-17-18(14)15(19(2,3)4)20(5,6)7/h8-11,14-15H,1-7H3. The minimum absolute atomic E-state index is 0.308. The van der Waals surface area contributed by atoms with E-state index in [-0.39, 0.29) is 8.15 Å². The van der Waals surface area contributed by atoms with Gasteiger partial charge >= 0.3 is 0 Å². The predicted molar refractivity (Wildman–Crippen MR) is 94.2 cm³/mol. The molecule has 0 N–H and O–H groups in total. The summed E-state index contributed by atoms with van der Waals surface area (Å²) >= 11 is 0. The summed E-state index contributed by atoms with van der Waals surface area (Å²) in [6.07, 6.45) is 0. The van der Waals surface area contributed by atoms with Gasteiger partial charge in [-0.1, -0.05) is 57.5 Å². The summed E-state index contributed by atoms with van der Waals surface area (Å²) in [5.41, 5.74) is 1.25. The second-order valence-electron chi connectivity index (χ2n) is 7.69. The maximum atomic E-state index is 6.21. The molecule has 2 rings (SSSR count). The van der Waals surface area contributed by atoms with Gasteiger partial charge in [-0.3, -0.25) is 0 Å². The van der Waals surface area contributed by atoms with Crippen LogP contribution in [0.4, 0.5) is 0 Å². The molecule has 0 spiro atoms. The first-order valence-electron chi connectivity index (χ1n) is 7.24. The molecule has 1 saturated heterocycles. The highest BCUT2D eigenvalue weighted by atomic mass is 31.2. The van der Waals surface area contributed by atoms with Crippen LogP contribution in [0.3, 0.4) is 0 Å². The number of methoxy groups -OCH3 is 1. The Kier molecular flexibility index (Phi) is 4.51. The van der Waals surface area contributed by atoms with Gasteiger partial charge in [0, 0.05) is 5.56 Å². The van der Waals surface area contributed by atoms with E-state index >= 15 is 0 Å². The van der Waals surface area contributed by atoms with Crippen molar-refractivity contribution in [3.63, 3.8) is 0 Å². The van der Waals surface area contributed by atoms with E-state index in [0.717, 1.165) is 10.7 Å². The quantitative estimate of drug-likeness (QED) is 0.419. The van der Waals surface area contributed by atoms with Crippen molar-refractivity contribution in [3.05, 3.63) is 29.8 Å². The van der Waals surface area contributed by atoms with Crippen LogP contribution in [0.5, 0.6) is 5.75 Å². The fourth-order valence-electron chi connectivity index (χ4n) is 3.41. The minimum Gasteiger partial charge on any atom is -0.496 e. The Morgan fingerprint density at radius 3 is 2.10 bits per heavy atom. The zero-order valence-electron chi connectivity index (χ0n) is 13.7. The lowest BCUT2D eigenvalue weighted by atomic mass is 10.2. The highest BCUT2D eigenvalue weighted by Crippen LogP contribution is 2.77. The van der Waals surface area contributed by atoms with E-state index < -0.39 is 16.1 Å². The molecule has 112 valence electrons. The second-order valence-corrected chi connectivity index (χ2v) is 21.8. The van der Waals surface area contributed by atoms with Gasteiger partial charge in [0.05, 0.1) is 31.4 Å². The number of para-hydroxylation sites is 1. The molecular weight excluding hydrogens is 299 g/mol. The number of hydrogen-bond donors (Lipinski definition) is 0. The molecule has 2 nitrogen and oxygen atoms in total. The van der Waals surface area contributed by atoms with E-state index in [4.69, 9.17) is 9.26 Å². The molecule has 1 aromatic carbocycles. The number of hydrogen-bond acceptors (Lipinski definition) is 2. The van der Waals surface area contributed by atoms with Gasteiger partial charge in [-0.2, -0.15) is 0 Å². The molecular formula is C15H27O2PSi2. The Hall–Kier alpha value is -0.156. The highest BCUT2D eigenvalue weighted by Gasteiger charge is 2.55. The summed E-state index contributed by atoms with van der Waals surface area (Å²) in [5, 5.41) is 0. The lowest BCUT2D eigenvalue weighted by Gasteiger charge is -2.37. The van der Waals surface area contributed by atoms with Gasteiger partial charge in [-0.25, -0.2) is 0 Å². The average molecular weight is 327 g/mol. The topological polar surface area (TPSA) is 21.8 Å². The molecule has 0 aliphatic carbocycles. The van der Waals surface area contributed by atoms with Gasteiger partial charge < -0.3 is 9.26 Å². The third kappa shape index (κ3) is 3.36. The lowest BCUT2D eigenvalue weighted by molar-refractivity contribution is 0.394. The van der Waals surface area contributed by atoms with Crippen LogP contribution in [0.25, 0.3) is 0 Å². The van der Waals surface area contributed by atoms with Crippen LogP contribution in [0, 0.1) is 0 Å². The Morgan fingerprint density at radius 1 is 1.05 bits per heavy atom. The summed E-state index contributed by atoms with van der Waals surface area (Å²) in [7, 11) is -0.961. The Labute approximate surface area is 126 Å². The molecule has 20 heavy (non-hydrogen) atoms. The van der Waals surface area contributed by atoms with Crippen LogP contribution in [0.15, 0.2) is 24.3 Å². The summed E-state index contributed by atoms with van der Waals surface area (Å²) in [6.45, 7) is 15.0. The van der Waals surface area contributed by atoms with Crippen molar-refractivity contribution in [2.24, 2.45) is 0 Å². The second kappa shape index (κ2) is 5.56. The molecule has 0 amide bonds. The van der Waals surface area contributed by atoms with E-state index in [0.29, 0.717) is 5.85 Å². The van der Waals surface area contributed by atoms with Crippen molar-refractivity contribution in [1.29, 1.82) is 0 Å². The SMILES string of the molecule is COc1ccccc1C1OP1C([Si](C)(C)C)[Si](C)(C)C. The molecule has 1 aromatic rings. The Bertz CT molecular complexity index is 465. The van der Waals surface area contributed by atoms with E-state index in [1.165, 1.54) is 5.56 Å². The van der Waals surface area contributed by atoms with Crippen molar-refractivity contribution < 1.29 is 9.26 Å². The largest absolute Gasteiger partial charge is 0.496 e. The van der Waals surface area contributed by atoms with E-state index in [2.05, 4.69) is 51.4 Å². The normalized spacial score (nSPS) is 23.0. The van der Waals surface area contributed by atoms with Gasteiger partial charge in [-0.15, -0.1) is 0 Å². The fraction of sp³-hybridized carbons (Fsp3) is 0.600. The molecule has 2 unspecified atom stereocenters. The van der Waals surface area contributed by atoms with Crippen molar-refractivity contribution in [3.8, 4) is 5.75 Å². The molecule has 5 heteroatoms. The van der Waals surface area contributed by atoms with E-state index in [1.54, 1.807) is 7.11 Å². The van der Waals surface area contributed by atoms with Crippen molar-refractivity contribution >= 4 is 24.3 Å². The van der Waals surface area contributed by atoms with Crippen LogP contribution < -0.4 is 4.74 Å². The molecule has 0 aromatic heterocycles. The summed E-state index contributed by atoms with van der Waals surface area (Å²) < 4.78 is 11.7. The number of ether oxygens (including phenoxy) is 1. The molecule has 1 aliphatic rings. The predicted octanol–water partition coefficient (Wildman–Crippen LogP) is 5.24. The fourth-order valence-corrected chi connectivity index (χ4v) is 22.4. The van der Waals surface area contributed by atoms with Gasteiger partial charge in [0.2, 0.25) is 0 Å². The zero-order chi connectivity index (χ0) is 15.1. The zero-order valence-corrected chi connectivity index (χ0v) is 16.6. The maximum Gasteiger partial charge on any atom is 0.134 e. The molecule has 1 heterocycles. The van der Waals surface area contributed by atoms with Gasteiger partial charge in [-0.05, 0) is 11.0 Å². The van der Waals surface area contributed by atoms with Crippen LogP contribution in [0.2, 0.25) is 39.3 Å². The van der Waals surface area contributed by atoms with E-state index in [1.807, 2.05) is 12.1 Å². The molecule has 0 radical (unpaired) electrons. The summed E-state index contributed by atoms with van der Waals surface area (Å²) in [5.74, 6) is 1.29. The molecule has 0 bridgehead atoms. The van der Waals surface area contributed by atoms with Gasteiger partial charge in [0.25, 0.3) is 0 Å². The van der Waals surface area contributed by atoms with Crippen LogP contribution in [-0.2, 0) is 4.52 Å². The first-order chi connectivity index (χ1) is 9.16. The average Bonchev–Trinajstić information content (AvgIpc) is 3.04. The summed E-state index contributed by atoms with van der Waals surface area (Å²) in [6, 6.07) is 8.33. The van der Waals surface area contributed by atoms with Gasteiger partial charge in [0.1, 0.15) is 11.6 Å². The van der Waals surface area contributed by atoms with E-state index in [9.17, 15) is 0 Å². The monoisotopic (exact) mass is 326 g/mol. The van der Waals surface area contributed by atoms with Crippen LogP contribution >= 0.6 is 8.15 Å². The molecule has 1 aliphatic heterocycles. The van der Waals surface area contributed by atoms with Crippen LogP contribution in [-0.4, -0.2) is 28.2 Å². The van der Waals surface area contributed by atoms with Crippen molar-refractivity contribution in [2.45, 2.75) is 50.0 Å². The lowest BCUT2D eigenvalue weighted by Crippen LogP contribution is -2.51. The summed E-state index contributed by atoms with van der Waals surface area (Å²) in [4.78, 5) is 0.847. The third-order valence-corrected chi connectivity index (χ3v) is 20.0. The van der Waals surface area contributed by atoms with Gasteiger partial charge in [0.15, 0.2) is 0 Å². The number of rotatable bonds is 5. The molecule has 1 fully saturated rings. The number of benzene rings is 1. The first kappa shape index (κ1) is 16.2. The maximum absolute atomic E-state index is 6.21.